The zero-order chi connectivity index (χ0) is 19.8. The van der Waals surface area contributed by atoms with Gasteiger partial charge in [-0.05, 0) is 38.3 Å². The molecule has 2 atom stereocenters. The third kappa shape index (κ3) is 3.89. The van der Waals surface area contributed by atoms with Crippen LogP contribution in [0.25, 0.3) is 0 Å². The second-order valence-electron chi connectivity index (χ2n) is 6.83. The molecule has 0 aliphatic heterocycles. The molecule has 0 radical (unpaired) electrons. The number of nitrogens with zero attached hydrogens (tertiary/aromatic N) is 1. The molecule has 0 bridgehead atoms. The number of aromatic amines is 1. The third-order valence-electron chi connectivity index (χ3n) is 5.05. The second-order valence-corrected chi connectivity index (χ2v) is 6.83. The molecule has 2 aromatic rings. The minimum Gasteiger partial charge on any atom is -0.347 e. The van der Waals surface area contributed by atoms with Gasteiger partial charge in [0.1, 0.15) is 0 Å². The monoisotopic (exact) mass is 379 g/mol. The molecule has 27 heavy (non-hydrogen) atoms. The highest BCUT2D eigenvalue weighted by atomic mass is 19.4. The highest BCUT2D eigenvalue weighted by molar-refractivity contribution is 5.92. The van der Waals surface area contributed by atoms with E-state index >= 15 is 0 Å². The van der Waals surface area contributed by atoms with Gasteiger partial charge < -0.3 is 10.3 Å². The molecule has 1 amide bonds. The summed E-state index contributed by atoms with van der Waals surface area (Å²) in [6.07, 6.45) is -2.68. The number of nitrogens with one attached hydrogen (secondary N) is 2. The highest BCUT2D eigenvalue weighted by Crippen LogP contribution is 2.41. The van der Waals surface area contributed by atoms with Gasteiger partial charge in [0.15, 0.2) is 5.69 Å². The molecule has 1 fully saturated rings. The summed E-state index contributed by atoms with van der Waals surface area (Å²) in [7, 11) is 0. The zero-order valence-electron chi connectivity index (χ0n) is 15.0. The van der Waals surface area contributed by atoms with Crippen LogP contribution in [0.2, 0.25) is 0 Å². The summed E-state index contributed by atoms with van der Waals surface area (Å²) >= 11 is 0. The van der Waals surface area contributed by atoms with E-state index in [9.17, 15) is 22.8 Å². The van der Waals surface area contributed by atoms with Gasteiger partial charge in [0.2, 0.25) is 0 Å². The zero-order valence-corrected chi connectivity index (χ0v) is 15.0. The number of halogens is 3. The van der Waals surface area contributed by atoms with Crippen LogP contribution < -0.4 is 10.9 Å². The quantitative estimate of drug-likeness (QED) is 0.858. The first-order valence-corrected chi connectivity index (χ1v) is 8.73. The Bertz CT molecular complexity index is 921. The van der Waals surface area contributed by atoms with Gasteiger partial charge in [-0.15, -0.1) is 0 Å². The number of amides is 1. The van der Waals surface area contributed by atoms with Gasteiger partial charge in [0, 0.05) is 17.7 Å². The summed E-state index contributed by atoms with van der Waals surface area (Å²) in [4.78, 5) is 31.1. The molecule has 1 aromatic carbocycles. The standard InChI is InChI=1S/C19H20F3N3O2/c1-10-11(2)24-17(26)16(23-10)18(27)25-15-9-5-7-13(15)12-6-3-4-8-14(12)19(20,21)22/h3-4,6,8,13,15H,5,7,9H2,1-2H3,(H,24,26)(H,25,27)/t13-,15+/m0/s1. The first kappa shape index (κ1) is 19.1. The van der Waals surface area contributed by atoms with Crippen molar-refractivity contribution in [3.63, 3.8) is 0 Å². The molecular weight excluding hydrogens is 359 g/mol. The molecule has 2 N–H and O–H groups in total. The Kier molecular flexibility index (Phi) is 5.08. The van der Waals surface area contributed by atoms with Crippen molar-refractivity contribution in [2.24, 2.45) is 0 Å². The molecule has 1 heterocycles. The van der Waals surface area contributed by atoms with Crippen molar-refractivity contribution in [3.05, 3.63) is 62.8 Å². The third-order valence-corrected chi connectivity index (χ3v) is 5.05. The Balaban J connectivity index is 1.88. The Labute approximate surface area is 154 Å². The topological polar surface area (TPSA) is 74.8 Å². The maximum atomic E-state index is 13.3. The molecule has 1 saturated carbocycles. The fraction of sp³-hybridized carbons (Fsp3) is 0.421. The second kappa shape index (κ2) is 7.17. The molecule has 5 nitrogen and oxygen atoms in total. The van der Waals surface area contributed by atoms with Crippen LogP contribution in [-0.4, -0.2) is 21.9 Å². The summed E-state index contributed by atoms with van der Waals surface area (Å²) in [6, 6.07) is 4.95. The van der Waals surface area contributed by atoms with Gasteiger partial charge in [-0.25, -0.2) is 4.98 Å². The molecule has 0 saturated heterocycles. The van der Waals surface area contributed by atoms with Crippen LogP contribution in [-0.2, 0) is 6.18 Å². The summed E-state index contributed by atoms with van der Waals surface area (Å²) < 4.78 is 40.0. The van der Waals surface area contributed by atoms with Crippen molar-refractivity contribution in [1.82, 2.24) is 15.3 Å². The molecule has 0 unspecified atom stereocenters. The normalized spacial score (nSPS) is 19.9. The van der Waals surface area contributed by atoms with Gasteiger partial charge in [-0.2, -0.15) is 13.2 Å². The lowest BCUT2D eigenvalue weighted by Gasteiger charge is -2.24. The van der Waals surface area contributed by atoms with Gasteiger partial charge in [0.05, 0.1) is 11.3 Å². The summed E-state index contributed by atoms with van der Waals surface area (Å²) in [5, 5.41) is 2.72. The van der Waals surface area contributed by atoms with Gasteiger partial charge in [0.25, 0.3) is 11.5 Å². The number of rotatable bonds is 3. The van der Waals surface area contributed by atoms with E-state index in [4.69, 9.17) is 0 Å². The number of aromatic nitrogens is 2. The van der Waals surface area contributed by atoms with E-state index in [1.54, 1.807) is 19.9 Å². The van der Waals surface area contributed by atoms with E-state index < -0.39 is 35.2 Å². The SMILES string of the molecule is Cc1nc(C(=O)N[C@@H]2CCC[C@H]2c2ccccc2C(F)(F)F)c(=O)[nH]c1C. The van der Waals surface area contributed by atoms with E-state index in [1.165, 1.54) is 12.1 Å². The number of hydrogen-bond donors (Lipinski definition) is 2. The molecule has 8 heteroatoms. The maximum absolute atomic E-state index is 13.3. The lowest BCUT2D eigenvalue weighted by Crippen LogP contribution is -2.40. The van der Waals surface area contributed by atoms with Crippen LogP contribution in [0.5, 0.6) is 0 Å². The number of hydrogen-bond acceptors (Lipinski definition) is 3. The average Bonchev–Trinajstić information content (AvgIpc) is 3.05. The van der Waals surface area contributed by atoms with Crippen LogP contribution in [0, 0.1) is 13.8 Å². The minimum absolute atomic E-state index is 0.176. The fourth-order valence-electron chi connectivity index (χ4n) is 3.60. The molecule has 1 aliphatic rings. The van der Waals surface area contributed by atoms with E-state index in [2.05, 4.69) is 15.3 Å². The Morgan fingerprint density at radius 2 is 1.93 bits per heavy atom. The summed E-state index contributed by atoms with van der Waals surface area (Å²) in [6.45, 7) is 3.34. The fourth-order valence-corrected chi connectivity index (χ4v) is 3.60. The number of aryl methyl sites for hydroxylation is 2. The first-order valence-electron chi connectivity index (χ1n) is 8.73. The predicted molar refractivity (Wildman–Crippen MR) is 93.6 cm³/mol. The predicted octanol–water partition coefficient (Wildman–Crippen LogP) is 3.47. The summed E-state index contributed by atoms with van der Waals surface area (Å²) in [5.74, 6) is -1.13. The highest BCUT2D eigenvalue weighted by Gasteiger charge is 2.39. The van der Waals surface area contributed by atoms with Crippen LogP contribution in [0.1, 0.15) is 58.2 Å². The van der Waals surface area contributed by atoms with Crippen molar-refractivity contribution in [2.45, 2.75) is 51.2 Å². The molecular formula is C19H20F3N3O2. The van der Waals surface area contributed by atoms with E-state index in [0.29, 0.717) is 30.7 Å². The number of benzene rings is 1. The Morgan fingerprint density at radius 1 is 1.22 bits per heavy atom. The van der Waals surface area contributed by atoms with Crippen LogP contribution >= 0.6 is 0 Å². The van der Waals surface area contributed by atoms with Gasteiger partial charge in [-0.3, -0.25) is 9.59 Å². The number of alkyl halides is 3. The van der Waals surface area contributed by atoms with E-state index in [-0.39, 0.29) is 11.3 Å². The van der Waals surface area contributed by atoms with Crippen molar-refractivity contribution >= 4 is 5.91 Å². The number of carbonyl (C=O) groups excluding carboxylic acids is 1. The lowest BCUT2D eigenvalue weighted by molar-refractivity contribution is -0.138. The molecule has 1 aromatic heterocycles. The van der Waals surface area contributed by atoms with Gasteiger partial charge in [-0.1, -0.05) is 24.6 Å². The molecule has 3 rings (SSSR count). The first-order chi connectivity index (χ1) is 12.7. The average molecular weight is 379 g/mol. The van der Waals surface area contributed by atoms with Crippen molar-refractivity contribution in [1.29, 1.82) is 0 Å². The van der Waals surface area contributed by atoms with E-state index in [1.807, 2.05) is 0 Å². The molecule has 0 spiro atoms. The van der Waals surface area contributed by atoms with Crippen LogP contribution in [0.3, 0.4) is 0 Å². The van der Waals surface area contributed by atoms with Crippen LogP contribution in [0.4, 0.5) is 13.2 Å². The molecule has 144 valence electrons. The number of carbonyl (C=O) groups is 1. The minimum atomic E-state index is -4.46. The largest absolute Gasteiger partial charge is 0.416 e. The summed E-state index contributed by atoms with van der Waals surface area (Å²) in [5.41, 5.74) is -0.304. The smallest absolute Gasteiger partial charge is 0.347 e. The Morgan fingerprint density at radius 3 is 2.63 bits per heavy atom. The van der Waals surface area contributed by atoms with Crippen LogP contribution in [0.15, 0.2) is 29.1 Å². The van der Waals surface area contributed by atoms with E-state index in [0.717, 1.165) is 6.07 Å². The Hall–Kier alpha value is -2.64. The molecule has 1 aliphatic carbocycles. The lowest BCUT2D eigenvalue weighted by atomic mass is 9.89. The van der Waals surface area contributed by atoms with Crippen molar-refractivity contribution in [3.8, 4) is 0 Å². The van der Waals surface area contributed by atoms with Crippen molar-refractivity contribution < 1.29 is 18.0 Å². The van der Waals surface area contributed by atoms with Crippen molar-refractivity contribution in [2.75, 3.05) is 0 Å². The van der Waals surface area contributed by atoms with Gasteiger partial charge >= 0.3 is 6.18 Å². The maximum Gasteiger partial charge on any atom is 0.416 e. The number of H-pyrrole nitrogens is 1.